The van der Waals surface area contributed by atoms with E-state index in [1.807, 2.05) is 0 Å². The normalized spacial score (nSPS) is 21.5. The summed E-state index contributed by atoms with van der Waals surface area (Å²) in [6, 6.07) is 0. The maximum absolute atomic E-state index is 2.40. The molecule has 1 fully saturated rings. The molecule has 0 saturated carbocycles. The van der Waals surface area contributed by atoms with Crippen molar-refractivity contribution in [3.8, 4) is 0 Å². The molecule has 1 aliphatic rings. The van der Waals surface area contributed by atoms with Crippen LogP contribution in [0.5, 0.6) is 0 Å². The summed E-state index contributed by atoms with van der Waals surface area (Å²) in [6.07, 6.45) is 0. The zero-order valence-corrected chi connectivity index (χ0v) is 9.52. The first-order valence-corrected chi connectivity index (χ1v) is 6.38. The lowest BCUT2D eigenvalue weighted by Crippen LogP contribution is -2.28. The van der Waals surface area contributed by atoms with Crippen LogP contribution in [0, 0.1) is 11.3 Å². The van der Waals surface area contributed by atoms with Gasteiger partial charge in [0.25, 0.3) is 0 Å². The molecule has 0 radical (unpaired) electrons. The molecule has 0 aromatic heterocycles. The molecule has 0 aromatic rings. The fourth-order valence-electron chi connectivity index (χ4n) is 1.06. The molecule has 0 unspecified atom stereocenters. The minimum Gasteiger partial charge on any atom is -0.146 e. The third-order valence-electron chi connectivity index (χ3n) is 2.72. The molecule has 66 valence electrons. The number of thioether (sulfide) groups is 2. The van der Waals surface area contributed by atoms with Crippen molar-refractivity contribution < 1.29 is 0 Å². The zero-order chi connectivity index (χ0) is 8.48. The molecule has 1 heterocycles. The van der Waals surface area contributed by atoms with Gasteiger partial charge in [0.15, 0.2) is 0 Å². The number of rotatable bonds is 2. The van der Waals surface area contributed by atoms with Gasteiger partial charge in [0.1, 0.15) is 0 Å². The highest BCUT2D eigenvalue weighted by atomic mass is 32.2. The molecule has 0 amide bonds. The van der Waals surface area contributed by atoms with E-state index in [2.05, 4.69) is 51.2 Å². The standard InChI is InChI=1S/C9H18S2/c1-7(2)9(3,4)8-10-5-6-11-8/h7-8H,5-6H2,1-4H3. The highest BCUT2D eigenvalue weighted by Crippen LogP contribution is 2.47. The SMILES string of the molecule is CC(C)C(C)(C)C1SCCS1. The van der Waals surface area contributed by atoms with Gasteiger partial charge < -0.3 is 0 Å². The van der Waals surface area contributed by atoms with E-state index < -0.39 is 0 Å². The Hall–Kier alpha value is 0.700. The first-order chi connectivity index (χ1) is 5.05. The van der Waals surface area contributed by atoms with Gasteiger partial charge in [-0.25, -0.2) is 0 Å². The summed E-state index contributed by atoms with van der Waals surface area (Å²) in [7, 11) is 0. The van der Waals surface area contributed by atoms with Gasteiger partial charge in [-0.05, 0) is 11.3 Å². The van der Waals surface area contributed by atoms with Crippen LogP contribution in [0.25, 0.3) is 0 Å². The molecule has 0 bridgehead atoms. The summed E-state index contributed by atoms with van der Waals surface area (Å²) < 4.78 is 0.836. The van der Waals surface area contributed by atoms with E-state index in [9.17, 15) is 0 Å². The topological polar surface area (TPSA) is 0 Å². The van der Waals surface area contributed by atoms with Crippen molar-refractivity contribution in [2.24, 2.45) is 11.3 Å². The quantitative estimate of drug-likeness (QED) is 0.654. The maximum atomic E-state index is 2.40. The zero-order valence-electron chi connectivity index (χ0n) is 7.89. The Labute approximate surface area is 78.9 Å². The van der Waals surface area contributed by atoms with Gasteiger partial charge in [0, 0.05) is 11.5 Å². The Balaban J connectivity index is 2.55. The van der Waals surface area contributed by atoms with Gasteiger partial charge in [0.05, 0.1) is 4.58 Å². The Morgan fingerprint density at radius 2 is 1.64 bits per heavy atom. The number of hydrogen-bond donors (Lipinski definition) is 0. The summed E-state index contributed by atoms with van der Waals surface area (Å²) in [5, 5.41) is 0. The van der Waals surface area contributed by atoms with E-state index >= 15 is 0 Å². The lowest BCUT2D eigenvalue weighted by Gasteiger charge is -2.34. The molecule has 1 rings (SSSR count). The van der Waals surface area contributed by atoms with Crippen LogP contribution in [0.15, 0.2) is 0 Å². The summed E-state index contributed by atoms with van der Waals surface area (Å²) in [6.45, 7) is 9.46. The molecule has 0 N–H and O–H groups in total. The van der Waals surface area contributed by atoms with Crippen molar-refractivity contribution in [2.75, 3.05) is 11.5 Å². The van der Waals surface area contributed by atoms with Gasteiger partial charge in [-0.3, -0.25) is 0 Å². The fourth-order valence-corrected chi connectivity index (χ4v) is 4.62. The van der Waals surface area contributed by atoms with Crippen LogP contribution in [0.1, 0.15) is 27.7 Å². The fraction of sp³-hybridized carbons (Fsp3) is 1.00. The van der Waals surface area contributed by atoms with Gasteiger partial charge in [0.2, 0.25) is 0 Å². The smallest absolute Gasteiger partial charge is 0.0556 e. The lowest BCUT2D eigenvalue weighted by molar-refractivity contribution is 0.279. The second-order valence-electron chi connectivity index (χ2n) is 4.05. The molecular formula is C9H18S2. The highest BCUT2D eigenvalue weighted by molar-refractivity contribution is 8.20. The molecule has 11 heavy (non-hydrogen) atoms. The molecule has 1 saturated heterocycles. The number of hydrogen-bond acceptors (Lipinski definition) is 2. The predicted octanol–water partition coefficient (Wildman–Crippen LogP) is 3.47. The summed E-state index contributed by atoms with van der Waals surface area (Å²) >= 11 is 4.28. The minimum atomic E-state index is 0.506. The van der Waals surface area contributed by atoms with E-state index in [1.54, 1.807) is 0 Å². The molecule has 0 nitrogen and oxygen atoms in total. The summed E-state index contributed by atoms with van der Waals surface area (Å²) in [5.74, 6) is 3.50. The van der Waals surface area contributed by atoms with Crippen molar-refractivity contribution in [3.05, 3.63) is 0 Å². The van der Waals surface area contributed by atoms with Crippen LogP contribution in [0.3, 0.4) is 0 Å². The van der Waals surface area contributed by atoms with Gasteiger partial charge in [-0.15, -0.1) is 23.5 Å². The second-order valence-corrected chi connectivity index (χ2v) is 6.77. The third-order valence-corrected chi connectivity index (χ3v) is 6.49. The molecule has 0 aromatic carbocycles. The van der Waals surface area contributed by atoms with E-state index in [-0.39, 0.29) is 0 Å². The Morgan fingerprint density at radius 3 is 2.00 bits per heavy atom. The van der Waals surface area contributed by atoms with Gasteiger partial charge in [-0.2, -0.15) is 0 Å². The highest BCUT2D eigenvalue weighted by Gasteiger charge is 2.35. The van der Waals surface area contributed by atoms with Crippen molar-refractivity contribution in [1.82, 2.24) is 0 Å². The second kappa shape index (κ2) is 3.61. The van der Waals surface area contributed by atoms with E-state index in [1.165, 1.54) is 11.5 Å². The van der Waals surface area contributed by atoms with Crippen LogP contribution < -0.4 is 0 Å². The third kappa shape index (κ3) is 2.09. The van der Waals surface area contributed by atoms with Crippen LogP contribution >= 0.6 is 23.5 Å². The lowest BCUT2D eigenvalue weighted by atomic mass is 9.83. The van der Waals surface area contributed by atoms with Crippen LogP contribution in [-0.4, -0.2) is 16.1 Å². The molecule has 2 heteroatoms. The molecular weight excluding hydrogens is 172 g/mol. The van der Waals surface area contributed by atoms with Crippen LogP contribution in [0.2, 0.25) is 0 Å². The molecule has 0 spiro atoms. The van der Waals surface area contributed by atoms with E-state index in [4.69, 9.17) is 0 Å². The summed E-state index contributed by atoms with van der Waals surface area (Å²) in [5.41, 5.74) is 0.506. The Morgan fingerprint density at radius 1 is 1.18 bits per heavy atom. The Bertz CT molecular complexity index is 124. The van der Waals surface area contributed by atoms with Gasteiger partial charge >= 0.3 is 0 Å². The Kier molecular flexibility index (Phi) is 3.21. The van der Waals surface area contributed by atoms with Crippen molar-refractivity contribution in [3.63, 3.8) is 0 Å². The van der Waals surface area contributed by atoms with E-state index in [0.29, 0.717) is 5.41 Å². The van der Waals surface area contributed by atoms with Crippen molar-refractivity contribution >= 4 is 23.5 Å². The van der Waals surface area contributed by atoms with Crippen molar-refractivity contribution in [2.45, 2.75) is 32.3 Å². The molecule has 1 aliphatic heterocycles. The first-order valence-electron chi connectivity index (χ1n) is 4.28. The summed E-state index contributed by atoms with van der Waals surface area (Å²) in [4.78, 5) is 0. The largest absolute Gasteiger partial charge is 0.146 e. The molecule has 0 atom stereocenters. The predicted molar refractivity (Wildman–Crippen MR) is 57.3 cm³/mol. The van der Waals surface area contributed by atoms with Gasteiger partial charge in [-0.1, -0.05) is 27.7 Å². The monoisotopic (exact) mass is 190 g/mol. The average molecular weight is 190 g/mol. The van der Waals surface area contributed by atoms with Crippen LogP contribution in [-0.2, 0) is 0 Å². The first kappa shape index (κ1) is 9.79. The van der Waals surface area contributed by atoms with Crippen molar-refractivity contribution in [1.29, 1.82) is 0 Å². The van der Waals surface area contributed by atoms with E-state index in [0.717, 1.165) is 10.5 Å². The minimum absolute atomic E-state index is 0.506. The average Bonchev–Trinajstić information content (AvgIpc) is 2.37. The van der Waals surface area contributed by atoms with Crippen LogP contribution in [0.4, 0.5) is 0 Å². The molecule has 0 aliphatic carbocycles. The maximum Gasteiger partial charge on any atom is 0.0556 e.